The fraction of sp³-hybridized carbons (Fsp3) is 0.377. The number of esters is 2. The van der Waals surface area contributed by atoms with Crippen molar-refractivity contribution >= 4 is 35.1 Å². The summed E-state index contributed by atoms with van der Waals surface area (Å²) in [7, 11) is 2.80. The van der Waals surface area contributed by atoms with Crippen LogP contribution in [0.4, 0.5) is 0 Å². The van der Waals surface area contributed by atoms with Crippen molar-refractivity contribution in [3.63, 3.8) is 0 Å². The molecule has 0 saturated heterocycles. The van der Waals surface area contributed by atoms with E-state index in [1.54, 1.807) is 30.6 Å². The Bertz CT molecular complexity index is 2840. The molecule has 0 radical (unpaired) electrons. The molecule has 4 aromatic carbocycles. The molecule has 0 bridgehead atoms. The number of ether oxygens (including phenoxy) is 6. The monoisotopic (exact) mass is 1070 g/mol. The van der Waals surface area contributed by atoms with Crippen molar-refractivity contribution in [1.29, 1.82) is 10.5 Å². The summed E-state index contributed by atoms with van der Waals surface area (Å²) >= 11 is 14.0. The average molecular weight is 1070 g/mol. The van der Waals surface area contributed by atoms with E-state index in [0.717, 1.165) is 74.9 Å². The summed E-state index contributed by atoms with van der Waals surface area (Å²) in [5.74, 6) is 2.31. The number of pyridine rings is 2. The number of hydrogen-bond donors (Lipinski definition) is 1. The number of carbonyl (C=O) groups is 2. The van der Waals surface area contributed by atoms with Crippen LogP contribution in [-0.2, 0) is 58.5 Å². The average Bonchev–Trinajstić information content (AvgIpc) is 3.41. The van der Waals surface area contributed by atoms with Gasteiger partial charge in [0.25, 0.3) is 0 Å². The molecule has 2 atom stereocenters. The molecule has 0 spiro atoms. The maximum Gasteiger partial charge on any atom is 0.307 e. The molecule has 0 fully saturated rings. The van der Waals surface area contributed by atoms with Crippen LogP contribution in [0.5, 0.6) is 23.0 Å². The second-order valence-corrected chi connectivity index (χ2v) is 20.6. The number of methoxy groups -OCH3 is 2. The Balaban J connectivity index is 1.21. The van der Waals surface area contributed by atoms with Crippen LogP contribution in [0.15, 0.2) is 97.6 Å². The number of carbonyl (C=O) groups excluding carboxylic acids is 2. The fourth-order valence-electron chi connectivity index (χ4n) is 9.12. The molecule has 76 heavy (non-hydrogen) atoms. The number of hydrogen-bond acceptors (Lipinski definition) is 13. The molecule has 0 aliphatic carbocycles. The first-order chi connectivity index (χ1) is 36.6. The van der Waals surface area contributed by atoms with Crippen LogP contribution in [0.1, 0.15) is 115 Å². The summed E-state index contributed by atoms with van der Waals surface area (Å²) in [5, 5.41) is 23.3. The Morgan fingerprint density at radius 1 is 0.592 bits per heavy atom. The maximum absolute atomic E-state index is 12.3. The van der Waals surface area contributed by atoms with E-state index in [-0.39, 0.29) is 56.7 Å². The molecule has 6 rings (SSSR count). The van der Waals surface area contributed by atoms with Gasteiger partial charge in [-0.1, -0.05) is 87.3 Å². The van der Waals surface area contributed by atoms with Crippen LogP contribution in [0, 0.1) is 54.3 Å². The zero-order valence-corrected chi connectivity index (χ0v) is 46.1. The van der Waals surface area contributed by atoms with Gasteiger partial charge in [-0.3, -0.25) is 19.6 Å². The van der Waals surface area contributed by atoms with Crippen molar-refractivity contribution in [3.05, 3.63) is 163 Å². The normalized spacial score (nSPS) is 11.9. The van der Waals surface area contributed by atoms with Crippen LogP contribution in [0.3, 0.4) is 0 Å². The summed E-state index contributed by atoms with van der Waals surface area (Å²) in [6.07, 6.45) is 9.83. The molecule has 13 nitrogen and oxygen atoms in total. The molecule has 0 amide bonds. The maximum atomic E-state index is 12.3. The van der Waals surface area contributed by atoms with E-state index in [1.807, 2.05) is 42.5 Å². The molecule has 15 heteroatoms. The van der Waals surface area contributed by atoms with Crippen molar-refractivity contribution in [1.82, 2.24) is 15.3 Å². The highest BCUT2D eigenvalue weighted by molar-refractivity contribution is 6.32. The standard InChI is InChI=1S/C61H67Cl2N5O8/c1-38(2)17-42(21-60(69)71-7)15-16-47-22-54(62)58(25-56(47)73-34-45-19-43(27-64)29-66-31-45)75-36-48-11-9-13-52(40(48)5)53-14-10-12-49(41(53)6)37-76-59-26-57(74-35-46-20-44(28-65)30-67-32-46)50(23-55(59)63)33-68-51(18-39(3)4)24-61(70)72-8/h9-14,19-20,22-23,25-26,29-32,38-39,42,51,68H,15-18,21,24,33-37H2,1-8H3. The second-order valence-electron chi connectivity index (χ2n) is 19.8. The molecule has 398 valence electrons. The topological polar surface area (TPSA) is 175 Å². The summed E-state index contributed by atoms with van der Waals surface area (Å²) in [5.41, 5.74) is 10.0. The van der Waals surface area contributed by atoms with E-state index >= 15 is 0 Å². The lowest BCUT2D eigenvalue weighted by molar-refractivity contribution is -0.142. The first-order valence-electron chi connectivity index (χ1n) is 25.5. The van der Waals surface area contributed by atoms with Crippen molar-refractivity contribution < 1.29 is 38.0 Å². The minimum atomic E-state index is -0.296. The minimum absolute atomic E-state index is 0.108. The van der Waals surface area contributed by atoms with Crippen molar-refractivity contribution in [3.8, 4) is 46.3 Å². The molecular formula is C61H67Cl2N5O8. The molecule has 0 saturated carbocycles. The van der Waals surface area contributed by atoms with Gasteiger partial charge in [0.2, 0.25) is 0 Å². The van der Waals surface area contributed by atoms with E-state index in [0.29, 0.717) is 75.4 Å². The van der Waals surface area contributed by atoms with E-state index in [1.165, 1.54) is 26.6 Å². The zero-order chi connectivity index (χ0) is 54.7. The van der Waals surface area contributed by atoms with Gasteiger partial charge in [0.1, 0.15) is 61.6 Å². The lowest BCUT2D eigenvalue weighted by Gasteiger charge is -2.22. The highest BCUT2D eigenvalue weighted by atomic mass is 35.5. The third-order valence-electron chi connectivity index (χ3n) is 13.1. The number of benzene rings is 4. The second kappa shape index (κ2) is 28.7. The molecule has 6 aromatic rings. The van der Waals surface area contributed by atoms with Gasteiger partial charge in [-0.25, -0.2) is 0 Å². The SMILES string of the molecule is COC(=O)CC(CCc1cc(Cl)c(OCc2cccc(-c3cccc(COc4cc(OCc5cncc(C#N)c5)c(CNC(CC(=O)OC)CC(C)C)cc4Cl)c3C)c2C)cc1OCc1cncc(C#N)c1)CC(C)C. The lowest BCUT2D eigenvalue weighted by atomic mass is 9.88. The molecule has 2 unspecified atom stereocenters. The third-order valence-corrected chi connectivity index (χ3v) is 13.7. The van der Waals surface area contributed by atoms with Crippen LogP contribution in [0.25, 0.3) is 11.1 Å². The number of rotatable bonds is 27. The lowest BCUT2D eigenvalue weighted by Crippen LogP contribution is -2.32. The molecule has 0 aliphatic heterocycles. The van der Waals surface area contributed by atoms with Crippen molar-refractivity contribution in [2.75, 3.05) is 14.2 Å². The Morgan fingerprint density at radius 2 is 1.07 bits per heavy atom. The summed E-state index contributed by atoms with van der Waals surface area (Å²) in [6, 6.07) is 27.2. The highest BCUT2D eigenvalue weighted by Crippen LogP contribution is 2.38. The van der Waals surface area contributed by atoms with E-state index in [2.05, 4.69) is 81.1 Å². The summed E-state index contributed by atoms with van der Waals surface area (Å²) < 4.78 is 35.8. The molecule has 2 aromatic heterocycles. The largest absolute Gasteiger partial charge is 0.488 e. The van der Waals surface area contributed by atoms with Crippen LogP contribution in [0.2, 0.25) is 10.0 Å². The van der Waals surface area contributed by atoms with Gasteiger partial charge < -0.3 is 33.7 Å². The number of nitrogens with zero attached hydrogens (tertiary/aromatic N) is 4. The van der Waals surface area contributed by atoms with Gasteiger partial charge in [0, 0.05) is 72.6 Å². The highest BCUT2D eigenvalue weighted by Gasteiger charge is 2.22. The fourth-order valence-corrected chi connectivity index (χ4v) is 9.60. The molecule has 1 N–H and O–H groups in total. The van der Waals surface area contributed by atoms with Gasteiger partial charge in [0.05, 0.1) is 41.8 Å². The third kappa shape index (κ3) is 16.9. The number of halogens is 2. The Labute approximate surface area is 457 Å². The zero-order valence-electron chi connectivity index (χ0n) is 44.6. The van der Waals surface area contributed by atoms with Crippen LogP contribution in [-0.4, -0.2) is 42.2 Å². The number of nitrogens with one attached hydrogen (secondary N) is 1. The molecular weight excluding hydrogens is 1000 g/mol. The van der Waals surface area contributed by atoms with Gasteiger partial charge in [-0.15, -0.1) is 0 Å². The van der Waals surface area contributed by atoms with Crippen molar-refractivity contribution in [2.24, 2.45) is 17.8 Å². The predicted octanol–water partition coefficient (Wildman–Crippen LogP) is 13.4. The van der Waals surface area contributed by atoms with Gasteiger partial charge >= 0.3 is 11.9 Å². The Hall–Kier alpha value is -7.16. The predicted molar refractivity (Wildman–Crippen MR) is 294 cm³/mol. The van der Waals surface area contributed by atoms with Crippen LogP contribution < -0.4 is 24.3 Å². The first-order valence-corrected chi connectivity index (χ1v) is 26.2. The number of aromatic nitrogens is 2. The van der Waals surface area contributed by atoms with E-state index in [4.69, 9.17) is 51.6 Å². The van der Waals surface area contributed by atoms with E-state index in [9.17, 15) is 20.1 Å². The van der Waals surface area contributed by atoms with Crippen LogP contribution >= 0.6 is 23.2 Å². The number of aryl methyl sites for hydroxylation is 1. The Morgan fingerprint density at radius 3 is 1.55 bits per heavy atom. The van der Waals surface area contributed by atoms with Gasteiger partial charge in [-0.05, 0) is 120 Å². The smallest absolute Gasteiger partial charge is 0.307 e. The van der Waals surface area contributed by atoms with E-state index < -0.39 is 0 Å². The summed E-state index contributed by atoms with van der Waals surface area (Å²) in [6.45, 7) is 13.8. The van der Waals surface area contributed by atoms with Gasteiger partial charge in [0.15, 0.2) is 0 Å². The van der Waals surface area contributed by atoms with Gasteiger partial charge in [-0.2, -0.15) is 10.5 Å². The minimum Gasteiger partial charge on any atom is -0.488 e. The Kier molecular flexibility index (Phi) is 21.9. The molecule has 2 heterocycles. The summed E-state index contributed by atoms with van der Waals surface area (Å²) in [4.78, 5) is 33.0. The molecule has 0 aliphatic rings. The van der Waals surface area contributed by atoms with Crippen molar-refractivity contribution in [2.45, 2.75) is 119 Å². The quantitative estimate of drug-likeness (QED) is 0.0483. The number of nitriles is 2. The first kappa shape index (κ1) is 58.1.